The molecule has 0 aromatic carbocycles. The first-order chi connectivity index (χ1) is 17.0. The second-order valence-corrected chi connectivity index (χ2v) is 8.55. The fourth-order valence-corrected chi connectivity index (χ4v) is 3.64. The number of carbonyl (C=O) groups excluding carboxylic acids is 2. The van der Waals surface area contributed by atoms with E-state index in [4.69, 9.17) is 0 Å². The minimum Gasteiger partial charge on any atom is -0.317 e. The zero-order valence-electron chi connectivity index (χ0n) is 20.0. The van der Waals surface area contributed by atoms with E-state index in [1.165, 1.54) is 0 Å². The molecule has 35 heavy (non-hydrogen) atoms. The van der Waals surface area contributed by atoms with Crippen molar-refractivity contribution < 1.29 is 9.59 Å². The molecule has 3 N–H and O–H groups in total. The monoisotopic (exact) mass is 471 g/mol. The first kappa shape index (κ1) is 24.2. The highest BCUT2D eigenvalue weighted by Crippen LogP contribution is 2.15. The van der Waals surface area contributed by atoms with Gasteiger partial charge in [0.05, 0.1) is 22.1 Å². The van der Waals surface area contributed by atoms with Crippen molar-refractivity contribution in [1.82, 2.24) is 25.3 Å². The molecule has 4 aromatic heterocycles. The van der Waals surface area contributed by atoms with Crippen LogP contribution in [-0.2, 0) is 9.59 Å². The van der Waals surface area contributed by atoms with Crippen LogP contribution in [0.3, 0.4) is 0 Å². The number of pyridine rings is 4. The number of rotatable bonds is 10. The largest absolute Gasteiger partial charge is 0.317 e. The SMILES string of the molecule is Cc1cnc2ccc(NC(=O)CCCNCCCC(=O)Nc3ccc4ncc(C)cc4n3)nc2c1. The van der Waals surface area contributed by atoms with Gasteiger partial charge in [0.2, 0.25) is 11.8 Å². The van der Waals surface area contributed by atoms with Gasteiger partial charge >= 0.3 is 0 Å². The molecule has 4 aromatic rings. The molecule has 0 unspecified atom stereocenters. The number of nitrogens with zero attached hydrogens (tertiary/aromatic N) is 4. The Balaban J connectivity index is 1.10. The van der Waals surface area contributed by atoms with Crippen molar-refractivity contribution in [3.63, 3.8) is 0 Å². The van der Waals surface area contributed by atoms with Crippen LogP contribution in [-0.4, -0.2) is 44.8 Å². The van der Waals surface area contributed by atoms with Gasteiger partial charge < -0.3 is 16.0 Å². The van der Waals surface area contributed by atoms with Crippen LogP contribution in [0, 0.1) is 13.8 Å². The van der Waals surface area contributed by atoms with Crippen molar-refractivity contribution in [2.24, 2.45) is 0 Å². The molecule has 0 spiro atoms. The predicted molar refractivity (Wildman–Crippen MR) is 137 cm³/mol. The van der Waals surface area contributed by atoms with Crippen molar-refractivity contribution in [2.45, 2.75) is 39.5 Å². The number of fused-ring (bicyclic) bond motifs is 2. The van der Waals surface area contributed by atoms with Gasteiger partial charge in [0.1, 0.15) is 11.6 Å². The van der Waals surface area contributed by atoms with Crippen LogP contribution >= 0.6 is 0 Å². The molecular weight excluding hydrogens is 442 g/mol. The van der Waals surface area contributed by atoms with Crippen LogP contribution in [0.1, 0.15) is 36.8 Å². The van der Waals surface area contributed by atoms with E-state index in [1.54, 1.807) is 24.5 Å². The van der Waals surface area contributed by atoms with Crippen molar-refractivity contribution >= 4 is 45.5 Å². The van der Waals surface area contributed by atoms with E-state index in [9.17, 15) is 9.59 Å². The first-order valence-corrected chi connectivity index (χ1v) is 11.7. The van der Waals surface area contributed by atoms with Crippen LogP contribution in [0.5, 0.6) is 0 Å². The summed E-state index contributed by atoms with van der Waals surface area (Å²) in [6, 6.07) is 11.1. The third-order valence-corrected chi connectivity index (χ3v) is 5.40. The summed E-state index contributed by atoms with van der Waals surface area (Å²) in [5.74, 6) is 0.904. The highest BCUT2D eigenvalue weighted by Gasteiger charge is 2.07. The normalized spacial score (nSPS) is 11.0. The molecule has 9 nitrogen and oxygen atoms in total. The van der Waals surface area contributed by atoms with Gasteiger partial charge in [0, 0.05) is 25.2 Å². The second kappa shape index (κ2) is 11.4. The lowest BCUT2D eigenvalue weighted by Crippen LogP contribution is -2.21. The smallest absolute Gasteiger partial charge is 0.225 e. The van der Waals surface area contributed by atoms with Gasteiger partial charge in [-0.25, -0.2) is 9.97 Å². The molecule has 4 rings (SSSR count). The lowest BCUT2D eigenvalue weighted by atomic mass is 10.2. The number of hydrogen-bond acceptors (Lipinski definition) is 7. The number of carbonyl (C=O) groups is 2. The molecule has 0 aliphatic rings. The number of aryl methyl sites for hydroxylation is 2. The van der Waals surface area contributed by atoms with Gasteiger partial charge in [-0.3, -0.25) is 19.6 Å². The van der Waals surface area contributed by atoms with Crippen LogP contribution < -0.4 is 16.0 Å². The number of aromatic nitrogens is 4. The summed E-state index contributed by atoms with van der Waals surface area (Å²) in [7, 11) is 0. The summed E-state index contributed by atoms with van der Waals surface area (Å²) >= 11 is 0. The number of hydrogen-bond donors (Lipinski definition) is 3. The van der Waals surface area contributed by atoms with Crippen LogP contribution in [0.15, 0.2) is 48.8 Å². The third-order valence-electron chi connectivity index (χ3n) is 5.40. The summed E-state index contributed by atoms with van der Waals surface area (Å²) in [6.45, 7) is 5.31. The maximum atomic E-state index is 12.2. The molecule has 0 saturated carbocycles. The number of nitrogens with one attached hydrogen (secondary N) is 3. The van der Waals surface area contributed by atoms with Gasteiger partial charge in [-0.1, -0.05) is 0 Å². The lowest BCUT2D eigenvalue weighted by molar-refractivity contribution is -0.117. The first-order valence-electron chi connectivity index (χ1n) is 11.7. The number of anilines is 2. The average Bonchev–Trinajstić information content (AvgIpc) is 2.83. The zero-order chi connectivity index (χ0) is 24.6. The summed E-state index contributed by atoms with van der Waals surface area (Å²) in [5.41, 5.74) is 5.17. The molecule has 180 valence electrons. The van der Waals surface area contributed by atoms with Crippen molar-refractivity contribution in [3.8, 4) is 0 Å². The Kier molecular flexibility index (Phi) is 7.89. The molecule has 0 aliphatic carbocycles. The highest BCUT2D eigenvalue weighted by atomic mass is 16.2. The van der Waals surface area contributed by atoms with Crippen molar-refractivity contribution in [2.75, 3.05) is 23.7 Å². The minimum absolute atomic E-state index is 0.0769. The Morgan fingerprint density at radius 2 is 1.14 bits per heavy atom. The average molecular weight is 472 g/mol. The van der Waals surface area contributed by atoms with Gasteiger partial charge in [-0.05, 0) is 87.3 Å². The van der Waals surface area contributed by atoms with E-state index in [1.807, 2.05) is 38.1 Å². The summed E-state index contributed by atoms with van der Waals surface area (Å²) < 4.78 is 0. The standard InChI is InChI=1S/C26H29N7O2/c1-17-13-21-19(28-15-17)7-9-23(30-21)32-25(34)5-3-11-27-12-4-6-26(35)33-24-10-8-20-22(31-24)14-18(2)16-29-20/h7-10,13-16,27H,3-6,11-12H2,1-2H3,(H,30,32,34)(H,31,33,35). The van der Waals surface area contributed by atoms with Crippen LogP contribution in [0.4, 0.5) is 11.6 Å². The van der Waals surface area contributed by atoms with Crippen molar-refractivity contribution in [1.29, 1.82) is 0 Å². The van der Waals surface area contributed by atoms with Crippen molar-refractivity contribution in [3.05, 3.63) is 59.9 Å². The third kappa shape index (κ3) is 7.00. The lowest BCUT2D eigenvalue weighted by Gasteiger charge is -2.08. The maximum absolute atomic E-state index is 12.2. The molecule has 2 amide bonds. The quantitative estimate of drug-likeness (QED) is 0.300. The second-order valence-electron chi connectivity index (χ2n) is 8.55. The van der Waals surface area contributed by atoms with E-state index in [0.29, 0.717) is 50.4 Å². The molecule has 0 aliphatic heterocycles. The zero-order valence-corrected chi connectivity index (χ0v) is 20.0. The van der Waals surface area contributed by atoms with E-state index in [2.05, 4.69) is 35.9 Å². The predicted octanol–water partition coefficient (Wildman–Crippen LogP) is 3.92. The maximum Gasteiger partial charge on any atom is 0.225 e. The highest BCUT2D eigenvalue weighted by molar-refractivity contribution is 5.91. The minimum atomic E-state index is -0.0769. The Labute approximate surface area is 203 Å². The topological polar surface area (TPSA) is 122 Å². The Morgan fingerprint density at radius 3 is 1.60 bits per heavy atom. The van der Waals surface area contributed by atoms with Gasteiger partial charge in [0.25, 0.3) is 0 Å². The summed E-state index contributed by atoms with van der Waals surface area (Å²) in [5, 5.41) is 8.96. The van der Waals surface area contributed by atoms with E-state index < -0.39 is 0 Å². The molecule has 9 heteroatoms. The molecule has 4 heterocycles. The Morgan fingerprint density at radius 1 is 0.686 bits per heavy atom. The number of amides is 2. The van der Waals surface area contributed by atoms with Crippen LogP contribution in [0.25, 0.3) is 22.1 Å². The van der Waals surface area contributed by atoms with Gasteiger partial charge in [-0.2, -0.15) is 0 Å². The van der Waals surface area contributed by atoms with Crippen LogP contribution in [0.2, 0.25) is 0 Å². The molecular formula is C26H29N7O2. The molecule has 0 bridgehead atoms. The Bertz CT molecular complexity index is 1250. The molecule has 0 fully saturated rings. The van der Waals surface area contributed by atoms with Gasteiger partial charge in [0.15, 0.2) is 0 Å². The molecule has 0 saturated heterocycles. The fourth-order valence-electron chi connectivity index (χ4n) is 3.64. The molecule has 0 radical (unpaired) electrons. The summed E-state index contributed by atoms with van der Waals surface area (Å²) in [6.07, 6.45) is 5.76. The fraction of sp³-hybridized carbons (Fsp3) is 0.308. The molecule has 0 atom stereocenters. The van der Waals surface area contributed by atoms with E-state index >= 15 is 0 Å². The van der Waals surface area contributed by atoms with E-state index in [0.717, 1.165) is 33.2 Å². The van der Waals surface area contributed by atoms with E-state index in [-0.39, 0.29) is 11.8 Å². The summed E-state index contributed by atoms with van der Waals surface area (Å²) in [4.78, 5) is 42.0. The van der Waals surface area contributed by atoms with Gasteiger partial charge in [-0.15, -0.1) is 0 Å². The Hall–Kier alpha value is -3.98.